The van der Waals surface area contributed by atoms with Crippen LogP contribution < -0.4 is 9.44 Å². The van der Waals surface area contributed by atoms with Crippen LogP contribution in [0.3, 0.4) is 0 Å². The number of fused-ring (bicyclic) bond motifs is 1. The van der Waals surface area contributed by atoms with Crippen LogP contribution in [0.25, 0.3) is 0 Å². The Bertz CT molecular complexity index is 1050. The van der Waals surface area contributed by atoms with Crippen molar-refractivity contribution in [1.82, 2.24) is 19.2 Å². The first-order chi connectivity index (χ1) is 11.7. The summed E-state index contributed by atoms with van der Waals surface area (Å²) in [6, 6.07) is 6.49. The fraction of sp³-hybridized carbons (Fsp3) is 0.286. The molecule has 0 amide bonds. The number of benzene rings is 1. The fourth-order valence-electron chi connectivity index (χ4n) is 2.52. The van der Waals surface area contributed by atoms with E-state index < -0.39 is 20.0 Å². The number of nitrogens with one attached hydrogen (secondary N) is 2. The van der Waals surface area contributed by atoms with Gasteiger partial charge in [0.15, 0.2) is 0 Å². The molecule has 0 fully saturated rings. The molecule has 1 aliphatic heterocycles. The molecule has 0 spiro atoms. The van der Waals surface area contributed by atoms with Crippen LogP contribution in [0, 0.1) is 6.92 Å². The highest BCUT2D eigenvalue weighted by Gasteiger charge is 2.30. The Morgan fingerprint density at radius 3 is 2.72 bits per heavy atom. The molecule has 3 rings (SSSR count). The molecule has 2 N–H and O–H groups in total. The summed E-state index contributed by atoms with van der Waals surface area (Å²) < 4.78 is 54.6. The Balaban J connectivity index is 1.70. The number of hydrogen-bond donors (Lipinski definition) is 2. The lowest BCUT2D eigenvalue weighted by atomic mass is 10.2. The van der Waals surface area contributed by atoms with Gasteiger partial charge in [-0.25, -0.2) is 21.6 Å². The van der Waals surface area contributed by atoms with E-state index in [9.17, 15) is 16.8 Å². The largest absolute Gasteiger partial charge is 0.274 e. The zero-order valence-electron chi connectivity index (χ0n) is 13.6. The number of aliphatic imine (C=N–C) groups is 1. The van der Waals surface area contributed by atoms with Crippen molar-refractivity contribution in [2.75, 3.05) is 13.1 Å². The van der Waals surface area contributed by atoms with Gasteiger partial charge >= 0.3 is 0 Å². The average Bonchev–Trinajstić information content (AvgIpc) is 3.01. The van der Waals surface area contributed by atoms with Crippen molar-refractivity contribution in [3.63, 3.8) is 0 Å². The zero-order chi connectivity index (χ0) is 18.2. The molecule has 0 saturated carbocycles. The molecule has 2 aromatic rings. The summed E-state index contributed by atoms with van der Waals surface area (Å²) in [6.45, 7) is 1.73. The van der Waals surface area contributed by atoms with E-state index in [2.05, 4.69) is 19.5 Å². The van der Waals surface area contributed by atoms with Gasteiger partial charge in [-0.05, 0) is 19.1 Å². The number of aromatic nitrogens is 2. The molecule has 1 aliphatic rings. The van der Waals surface area contributed by atoms with Crippen LogP contribution in [0.2, 0.25) is 0 Å². The van der Waals surface area contributed by atoms with Gasteiger partial charge in [-0.3, -0.25) is 14.4 Å². The molecular formula is C14H17N5O4S2. The van der Waals surface area contributed by atoms with Crippen molar-refractivity contribution >= 4 is 25.9 Å². The smallest absolute Gasteiger partial charge is 0.263 e. The highest BCUT2D eigenvalue weighted by Crippen LogP contribution is 2.22. The maximum absolute atomic E-state index is 12.2. The van der Waals surface area contributed by atoms with Gasteiger partial charge in [0, 0.05) is 25.4 Å². The predicted octanol–water partition coefficient (Wildman–Crippen LogP) is -0.254. The van der Waals surface area contributed by atoms with Crippen LogP contribution in [-0.2, 0) is 27.1 Å². The molecule has 9 nitrogen and oxygen atoms in total. The van der Waals surface area contributed by atoms with Crippen molar-refractivity contribution in [1.29, 1.82) is 0 Å². The van der Waals surface area contributed by atoms with Gasteiger partial charge in [0.05, 0.1) is 17.1 Å². The number of amidine groups is 1. The first-order valence-corrected chi connectivity index (χ1v) is 10.3. The molecule has 0 radical (unpaired) electrons. The van der Waals surface area contributed by atoms with E-state index in [1.807, 2.05) is 0 Å². The van der Waals surface area contributed by atoms with Crippen molar-refractivity contribution < 1.29 is 16.8 Å². The quantitative estimate of drug-likeness (QED) is 0.689. The molecule has 1 aromatic carbocycles. The fourth-order valence-corrected chi connectivity index (χ4v) is 5.01. The number of aryl methyl sites for hydroxylation is 2. The Morgan fingerprint density at radius 2 is 2.04 bits per heavy atom. The maximum atomic E-state index is 12.2. The van der Waals surface area contributed by atoms with E-state index in [0.29, 0.717) is 11.3 Å². The molecule has 0 aliphatic carbocycles. The van der Waals surface area contributed by atoms with Gasteiger partial charge in [0.1, 0.15) is 10.7 Å². The maximum Gasteiger partial charge on any atom is 0.263 e. The minimum atomic E-state index is -3.69. The van der Waals surface area contributed by atoms with E-state index in [-0.39, 0.29) is 28.7 Å². The summed E-state index contributed by atoms with van der Waals surface area (Å²) >= 11 is 0. The number of rotatable bonds is 5. The minimum absolute atomic E-state index is 0.0318. The summed E-state index contributed by atoms with van der Waals surface area (Å²) in [5.74, 6) is 0.215. The first kappa shape index (κ1) is 17.6. The first-order valence-electron chi connectivity index (χ1n) is 7.37. The van der Waals surface area contributed by atoms with Crippen LogP contribution in [0.1, 0.15) is 11.3 Å². The lowest BCUT2D eigenvalue weighted by molar-refractivity contribution is 0.581. The Kier molecular flexibility index (Phi) is 4.39. The normalized spacial score (nSPS) is 17.4. The van der Waals surface area contributed by atoms with E-state index >= 15 is 0 Å². The van der Waals surface area contributed by atoms with Crippen LogP contribution in [0.4, 0.5) is 0 Å². The summed E-state index contributed by atoms with van der Waals surface area (Å²) in [5, 5.41) is 4.00. The number of hydrogen-bond acceptors (Lipinski definition) is 6. The van der Waals surface area contributed by atoms with Crippen LogP contribution >= 0.6 is 0 Å². The van der Waals surface area contributed by atoms with E-state index in [0.717, 1.165) is 0 Å². The molecule has 11 heteroatoms. The van der Waals surface area contributed by atoms with Gasteiger partial charge in [0.25, 0.3) is 10.0 Å². The molecule has 0 bridgehead atoms. The van der Waals surface area contributed by atoms with Gasteiger partial charge in [-0.2, -0.15) is 5.10 Å². The highest BCUT2D eigenvalue weighted by atomic mass is 32.2. The SMILES string of the molecule is Cc1nn(C)cc1S(=O)(=O)NCCN=C1NS(=O)(=O)c2ccccc21. The van der Waals surface area contributed by atoms with Gasteiger partial charge in [0.2, 0.25) is 10.0 Å². The molecule has 134 valence electrons. The van der Waals surface area contributed by atoms with Gasteiger partial charge < -0.3 is 0 Å². The molecular weight excluding hydrogens is 366 g/mol. The predicted molar refractivity (Wildman–Crippen MR) is 91.3 cm³/mol. The summed E-state index contributed by atoms with van der Waals surface area (Å²) in [7, 11) is -5.65. The van der Waals surface area contributed by atoms with Crippen LogP contribution in [-0.4, -0.2) is 45.5 Å². The Labute approximate surface area is 145 Å². The van der Waals surface area contributed by atoms with Crippen LogP contribution in [0.5, 0.6) is 0 Å². The van der Waals surface area contributed by atoms with E-state index in [1.54, 1.807) is 32.2 Å². The topological polar surface area (TPSA) is 123 Å². The lowest BCUT2D eigenvalue weighted by Gasteiger charge is -2.04. The number of nitrogens with zero attached hydrogens (tertiary/aromatic N) is 3. The third kappa shape index (κ3) is 3.43. The van der Waals surface area contributed by atoms with Crippen molar-refractivity contribution in [3.8, 4) is 0 Å². The lowest BCUT2D eigenvalue weighted by Crippen LogP contribution is -2.28. The monoisotopic (exact) mass is 383 g/mol. The van der Waals surface area contributed by atoms with E-state index in [4.69, 9.17) is 0 Å². The third-order valence-corrected chi connectivity index (χ3v) is 6.56. The summed E-state index contributed by atoms with van der Waals surface area (Å²) in [6.07, 6.45) is 1.42. The second kappa shape index (κ2) is 6.24. The Hall–Kier alpha value is -2.24. The highest BCUT2D eigenvalue weighted by molar-refractivity contribution is 7.90. The standard InChI is InChI=1S/C14H17N5O4S2/c1-10-13(9-19(2)17-10)24(20,21)16-8-7-15-14-11-5-3-4-6-12(11)25(22,23)18-14/h3-6,9,16H,7-8H2,1-2H3,(H,15,18). The third-order valence-electron chi connectivity index (χ3n) is 3.59. The second-order valence-electron chi connectivity index (χ2n) is 5.48. The summed E-state index contributed by atoms with van der Waals surface area (Å²) in [5.41, 5.74) is 0.882. The molecule has 0 unspecified atom stereocenters. The molecule has 25 heavy (non-hydrogen) atoms. The molecule has 0 atom stereocenters. The van der Waals surface area contributed by atoms with Gasteiger partial charge in [-0.1, -0.05) is 12.1 Å². The van der Waals surface area contributed by atoms with Crippen molar-refractivity contribution in [2.24, 2.45) is 12.0 Å². The molecule has 1 aromatic heterocycles. The van der Waals surface area contributed by atoms with Gasteiger partial charge in [-0.15, -0.1) is 0 Å². The van der Waals surface area contributed by atoms with Crippen molar-refractivity contribution in [3.05, 3.63) is 41.7 Å². The average molecular weight is 383 g/mol. The van der Waals surface area contributed by atoms with E-state index in [1.165, 1.54) is 16.9 Å². The zero-order valence-corrected chi connectivity index (χ0v) is 15.2. The molecule has 2 heterocycles. The second-order valence-corrected chi connectivity index (χ2v) is 8.87. The van der Waals surface area contributed by atoms with Crippen LogP contribution in [0.15, 0.2) is 45.2 Å². The number of sulfonamides is 2. The van der Waals surface area contributed by atoms with Crippen molar-refractivity contribution in [2.45, 2.75) is 16.7 Å². The molecule has 0 saturated heterocycles. The Morgan fingerprint density at radius 1 is 1.32 bits per heavy atom. The summed E-state index contributed by atoms with van der Waals surface area (Å²) in [4.78, 5) is 4.44. The minimum Gasteiger partial charge on any atom is -0.274 e.